The molecule has 0 spiro atoms. The minimum atomic E-state index is -0.582. The molecule has 1 nitrogen and oxygen atoms in total. The molecule has 0 bridgehead atoms. The van der Waals surface area contributed by atoms with E-state index in [-0.39, 0.29) is 0 Å². The van der Waals surface area contributed by atoms with Crippen LogP contribution in [0.15, 0.2) is 30.3 Å². The Bertz CT molecular complexity index is 218. The molecular formula is C9H11OS. The summed E-state index contributed by atoms with van der Waals surface area (Å²) in [6.07, 6.45) is 0. The predicted octanol–water partition coefficient (Wildman–Crippen LogP) is 2.70. The maximum Gasteiger partial charge on any atom is 0.145 e. The molecule has 0 aliphatic rings. The highest BCUT2D eigenvalue weighted by molar-refractivity contribution is 7.81. The highest BCUT2D eigenvalue weighted by Crippen LogP contribution is 2.27. The summed E-state index contributed by atoms with van der Waals surface area (Å²) in [6, 6.07) is 9.81. The Morgan fingerprint density at radius 1 is 1.27 bits per heavy atom. The lowest BCUT2D eigenvalue weighted by Crippen LogP contribution is -2.15. The van der Waals surface area contributed by atoms with Crippen molar-refractivity contribution in [2.24, 2.45) is 0 Å². The molecule has 0 fully saturated rings. The van der Waals surface area contributed by atoms with Crippen LogP contribution in [-0.4, -0.2) is 7.11 Å². The number of hydrogen-bond donors (Lipinski definition) is 0. The topological polar surface area (TPSA) is 9.23 Å². The lowest BCUT2D eigenvalue weighted by atomic mass is 10.1. The molecule has 0 saturated heterocycles. The zero-order valence-electron chi connectivity index (χ0n) is 6.70. The van der Waals surface area contributed by atoms with Crippen molar-refractivity contribution in [1.29, 1.82) is 0 Å². The van der Waals surface area contributed by atoms with Crippen molar-refractivity contribution < 1.29 is 4.74 Å². The van der Waals surface area contributed by atoms with Crippen LogP contribution in [0.5, 0.6) is 0 Å². The number of benzene rings is 1. The fourth-order valence-electron chi connectivity index (χ4n) is 0.859. The van der Waals surface area contributed by atoms with Gasteiger partial charge >= 0.3 is 0 Å². The van der Waals surface area contributed by atoms with Gasteiger partial charge in [-0.05, 0) is 12.5 Å². The standard InChI is InChI=1S/C9H11OS/c1-9(11,10-2)8-6-4-3-5-7-8/h3-7H,1-2H3. The molecule has 0 aromatic heterocycles. The van der Waals surface area contributed by atoms with Crippen LogP contribution in [0.25, 0.3) is 0 Å². The highest BCUT2D eigenvalue weighted by atomic mass is 32.1. The van der Waals surface area contributed by atoms with E-state index in [1.807, 2.05) is 37.3 Å². The Kier molecular flexibility index (Phi) is 2.58. The highest BCUT2D eigenvalue weighted by Gasteiger charge is 2.20. The van der Waals surface area contributed by atoms with Crippen LogP contribution in [0, 0.1) is 0 Å². The maximum atomic E-state index is 5.19. The average molecular weight is 167 g/mol. The molecule has 11 heavy (non-hydrogen) atoms. The van der Waals surface area contributed by atoms with Gasteiger partial charge in [-0.2, -0.15) is 0 Å². The molecule has 0 aliphatic heterocycles. The minimum absolute atomic E-state index is 0.582. The van der Waals surface area contributed by atoms with Gasteiger partial charge in [-0.15, -0.1) is 0 Å². The summed E-state index contributed by atoms with van der Waals surface area (Å²) in [5, 5.41) is 0. The summed E-state index contributed by atoms with van der Waals surface area (Å²) in [4.78, 5) is -0.582. The molecule has 2 heteroatoms. The number of rotatable bonds is 2. The van der Waals surface area contributed by atoms with Gasteiger partial charge in [-0.25, -0.2) is 0 Å². The zero-order valence-corrected chi connectivity index (χ0v) is 7.52. The van der Waals surface area contributed by atoms with Gasteiger partial charge in [-0.3, -0.25) is 0 Å². The van der Waals surface area contributed by atoms with Crippen molar-refractivity contribution in [3.05, 3.63) is 35.9 Å². The van der Waals surface area contributed by atoms with Gasteiger partial charge in [0.15, 0.2) is 0 Å². The van der Waals surface area contributed by atoms with Crippen LogP contribution >= 0.6 is 12.6 Å². The third-order valence-electron chi connectivity index (χ3n) is 1.69. The zero-order chi connectivity index (χ0) is 8.32. The van der Waals surface area contributed by atoms with E-state index in [0.717, 1.165) is 5.56 Å². The molecule has 0 N–H and O–H groups in total. The maximum absolute atomic E-state index is 5.19. The lowest BCUT2D eigenvalue weighted by molar-refractivity contribution is 0.0880. The van der Waals surface area contributed by atoms with Gasteiger partial charge in [0.2, 0.25) is 0 Å². The smallest absolute Gasteiger partial charge is 0.145 e. The van der Waals surface area contributed by atoms with E-state index in [1.165, 1.54) is 0 Å². The third-order valence-corrected chi connectivity index (χ3v) is 2.09. The Labute approximate surface area is 72.8 Å². The monoisotopic (exact) mass is 167 g/mol. The fourth-order valence-corrected chi connectivity index (χ4v) is 0.995. The molecule has 0 amide bonds. The van der Waals surface area contributed by atoms with Crippen molar-refractivity contribution in [2.75, 3.05) is 7.11 Å². The van der Waals surface area contributed by atoms with Crippen LogP contribution in [0.4, 0.5) is 0 Å². The van der Waals surface area contributed by atoms with E-state index < -0.39 is 4.93 Å². The van der Waals surface area contributed by atoms with Crippen molar-refractivity contribution in [3.63, 3.8) is 0 Å². The Balaban J connectivity index is 2.93. The van der Waals surface area contributed by atoms with Crippen LogP contribution in [-0.2, 0) is 9.67 Å². The van der Waals surface area contributed by atoms with E-state index in [0.29, 0.717) is 0 Å². The van der Waals surface area contributed by atoms with Crippen LogP contribution in [0.3, 0.4) is 0 Å². The molecular weight excluding hydrogens is 156 g/mol. The largest absolute Gasteiger partial charge is 0.363 e. The van der Waals surface area contributed by atoms with Crippen LogP contribution < -0.4 is 0 Å². The quantitative estimate of drug-likeness (QED) is 0.658. The molecule has 0 heterocycles. The van der Waals surface area contributed by atoms with E-state index in [9.17, 15) is 0 Å². The second-order valence-electron chi connectivity index (χ2n) is 2.52. The summed E-state index contributed by atoms with van der Waals surface area (Å²) < 4.78 is 5.14. The van der Waals surface area contributed by atoms with Crippen molar-refractivity contribution in [1.82, 2.24) is 0 Å². The van der Waals surface area contributed by atoms with E-state index >= 15 is 0 Å². The first-order chi connectivity index (χ1) is 5.17. The SMILES string of the molecule is COC(C)([S])c1ccccc1. The summed E-state index contributed by atoms with van der Waals surface area (Å²) >= 11 is 5.19. The molecule has 1 aromatic carbocycles. The van der Waals surface area contributed by atoms with E-state index in [1.54, 1.807) is 7.11 Å². The molecule has 1 atom stereocenters. The summed E-state index contributed by atoms with van der Waals surface area (Å²) in [6.45, 7) is 1.87. The van der Waals surface area contributed by atoms with Crippen molar-refractivity contribution in [2.45, 2.75) is 11.9 Å². The second kappa shape index (κ2) is 3.28. The van der Waals surface area contributed by atoms with Gasteiger partial charge in [-0.1, -0.05) is 43.0 Å². The van der Waals surface area contributed by atoms with Gasteiger partial charge in [0, 0.05) is 7.11 Å². The Morgan fingerprint density at radius 3 is 2.27 bits per heavy atom. The second-order valence-corrected chi connectivity index (χ2v) is 3.29. The molecule has 0 aliphatic carbocycles. The minimum Gasteiger partial charge on any atom is -0.363 e. The first-order valence-electron chi connectivity index (χ1n) is 3.48. The van der Waals surface area contributed by atoms with Gasteiger partial charge in [0.1, 0.15) is 4.93 Å². The fraction of sp³-hybridized carbons (Fsp3) is 0.333. The Morgan fingerprint density at radius 2 is 1.82 bits per heavy atom. The Hall–Kier alpha value is -0.470. The molecule has 0 saturated carbocycles. The number of methoxy groups -OCH3 is 1. The summed E-state index contributed by atoms with van der Waals surface area (Å²) in [7, 11) is 1.62. The van der Waals surface area contributed by atoms with Crippen LogP contribution in [0.1, 0.15) is 12.5 Å². The average Bonchev–Trinajstić information content (AvgIpc) is 2.06. The van der Waals surface area contributed by atoms with E-state index in [4.69, 9.17) is 17.4 Å². The van der Waals surface area contributed by atoms with Crippen LogP contribution in [0.2, 0.25) is 0 Å². The van der Waals surface area contributed by atoms with Gasteiger partial charge < -0.3 is 4.74 Å². The van der Waals surface area contributed by atoms with Crippen molar-refractivity contribution >= 4 is 12.6 Å². The number of ether oxygens (including phenoxy) is 1. The first-order valence-corrected chi connectivity index (χ1v) is 3.89. The van der Waals surface area contributed by atoms with Gasteiger partial charge in [0.05, 0.1) is 0 Å². The normalized spacial score (nSPS) is 15.9. The number of hydrogen-bond acceptors (Lipinski definition) is 1. The molecule has 1 rings (SSSR count). The third kappa shape index (κ3) is 1.98. The molecule has 1 unspecified atom stereocenters. The van der Waals surface area contributed by atoms with E-state index in [2.05, 4.69) is 0 Å². The molecule has 59 valence electrons. The summed E-state index contributed by atoms with van der Waals surface area (Å²) in [5.74, 6) is 0. The molecule has 1 radical (unpaired) electrons. The molecule has 1 aromatic rings. The lowest BCUT2D eigenvalue weighted by Gasteiger charge is -2.20. The van der Waals surface area contributed by atoms with Crippen molar-refractivity contribution in [3.8, 4) is 0 Å². The summed E-state index contributed by atoms with van der Waals surface area (Å²) in [5.41, 5.74) is 1.03. The van der Waals surface area contributed by atoms with Gasteiger partial charge in [0.25, 0.3) is 0 Å². The predicted molar refractivity (Wildman–Crippen MR) is 48.4 cm³/mol. The first kappa shape index (κ1) is 8.62.